The van der Waals surface area contributed by atoms with E-state index in [2.05, 4.69) is 0 Å². The summed E-state index contributed by atoms with van der Waals surface area (Å²) >= 11 is 0. The van der Waals surface area contributed by atoms with Crippen LogP contribution in [0.15, 0.2) is 30.3 Å². The van der Waals surface area contributed by atoms with Gasteiger partial charge in [-0.15, -0.1) is 0 Å². The van der Waals surface area contributed by atoms with E-state index in [1.165, 1.54) is 0 Å². The second-order valence-electron chi connectivity index (χ2n) is 2.71. The first-order chi connectivity index (χ1) is 7.35. The predicted molar refractivity (Wildman–Crippen MR) is 57.4 cm³/mol. The summed E-state index contributed by atoms with van der Waals surface area (Å²) in [5.41, 5.74) is 1.14. The number of aliphatic hydroxyl groups is 3. The van der Waals surface area contributed by atoms with Crippen LogP contribution in [0.4, 0.5) is 0 Å². The average Bonchev–Trinajstić information content (AvgIpc) is 2.31. The molecule has 1 rings (SSSR count). The first kappa shape index (κ1) is 14.1. The fourth-order valence-corrected chi connectivity index (χ4v) is 0.829. The van der Waals surface area contributed by atoms with Crippen LogP contribution in [-0.2, 0) is 11.3 Å². The van der Waals surface area contributed by atoms with E-state index in [4.69, 9.17) is 20.1 Å². The summed E-state index contributed by atoms with van der Waals surface area (Å²) in [4.78, 5) is 0. The summed E-state index contributed by atoms with van der Waals surface area (Å²) < 4.78 is 5.12. The number of rotatable bonds is 5. The van der Waals surface area contributed by atoms with Gasteiger partial charge in [0.05, 0.1) is 33.0 Å². The molecule has 4 heteroatoms. The van der Waals surface area contributed by atoms with Crippen molar-refractivity contribution in [2.75, 3.05) is 26.4 Å². The third-order valence-corrected chi connectivity index (χ3v) is 1.45. The largest absolute Gasteiger partial charge is 0.394 e. The van der Waals surface area contributed by atoms with Crippen LogP contribution in [0.25, 0.3) is 0 Å². The Morgan fingerprint density at radius 3 is 1.93 bits per heavy atom. The van der Waals surface area contributed by atoms with Crippen molar-refractivity contribution >= 4 is 0 Å². The third kappa shape index (κ3) is 9.37. The molecule has 0 aliphatic heterocycles. The lowest BCUT2D eigenvalue weighted by Crippen LogP contribution is -1.98. The zero-order valence-electron chi connectivity index (χ0n) is 8.67. The quantitative estimate of drug-likeness (QED) is 0.611. The minimum atomic E-state index is -0.125. The van der Waals surface area contributed by atoms with Crippen LogP contribution in [-0.4, -0.2) is 41.7 Å². The Labute approximate surface area is 89.8 Å². The molecule has 0 fully saturated rings. The van der Waals surface area contributed by atoms with Crippen molar-refractivity contribution in [1.29, 1.82) is 0 Å². The summed E-state index contributed by atoms with van der Waals surface area (Å²) in [6, 6.07) is 9.90. The van der Waals surface area contributed by atoms with E-state index in [0.717, 1.165) is 5.56 Å². The van der Waals surface area contributed by atoms with E-state index in [1.807, 2.05) is 30.3 Å². The van der Waals surface area contributed by atoms with Gasteiger partial charge in [0, 0.05) is 0 Å². The zero-order chi connectivity index (χ0) is 11.4. The van der Waals surface area contributed by atoms with E-state index in [-0.39, 0.29) is 19.8 Å². The highest BCUT2D eigenvalue weighted by Gasteiger charge is 1.88. The fraction of sp³-hybridized carbons (Fsp3) is 0.455. The SMILES string of the molecule is OCCO.OCCOCc1ccccc1. The molecule has 0 aromatic heterocycles. The van der Waals surface area contributed by atoms with Crippen LogP contribution >= 0.6 is 0 Å². The number of benzene rings is 1. The molecule has 1 aromatic carbocycles. The Balaban J connectivity index is 0.000000423. The summed E-state index contributed by atoms with van der Waals surface area (Å²) in [6.45, 7) is 0.836. The molecule has 0 spiro atoms. The molecule has 0 radical (unpaired) electrons. The van der Waals surface area contributed by atoms with Crippen LogP contribution in [0.1, 0.15) is 5.56 Å². The van der Waals surface area contributed by atoms with Crippen molar-refractivity contribution in [3.8, 4) is 0 Å². The maximum absolute atomic E-state index is 8.42. The second kappa shape index (κ2) is 11.1. The number of ether oxygens (including phenoxy) is 1. The van der Waals surface area contributed by atoms with E-state index in [1.54, 1.807) is 0 Å². The zero-order valence-corrected chi connectivity index (χ0v) is 8.67. The molecule has 0 heterocycles. The molecule has 0 atom stereocenters. The minimum absolute atomic E-state index is 0.0901. The van der Waals surface area contributed by atoms with Gasteiger partial charge in [-0.25, -0.2) is 0 Å². The highest BCUT2D eigenvalue weighted by Crippen LogP contribution is 1.99. The minimum Gasteiger partial charge on any atom is -0.394 e. The van der Waals surface area contributed by atoms with Gasteiger partial charge in [0.25, 0.3) is 0 Å². The van der Waals surface area contributed by atoms with E-state index in [0.29, 0.717) is 13.2 Å². The molecule has 0 saturated heterocycles. The maximum Gasteiger partial charge on any atom is 0.0718 e. The second-order valence-corrected chi connectivity index (χ2v) is 2.71. The molecule has 0 amide bonds. The molecule has 4 nitrogen and oxygen atoms in total. The molecular weight excluding hydrogens is 196 g/mol. The molecule has 15 heavy (non-hydrogen) atoms. The van der Waals surface area contributed by atoms with E-state index >= 15 is 0 Å². The predicted octanol–water partition coefficient (Wildman–Crippen LogP) is 0.166. The first-order valence-corrected chi connectivity index (χ1v) is 4.79. The standard InChI is InChI=1S/C9H12O2.C2H6O2/c10-6-7-11-8-9-4-2-1-3-5-9;3-1-2-4/h1-5,10H,6-8H2;3-4H,1-2H2. The molecule has 0 saturated carbocycles. The van der Waals surface area contributed by atoms with E-state index in [9.17, 15) is 0 Å². The lowest BCUT2D eigenvalue weighted by Gasteiger charge is -2.00. The Kier molecular flexibility index (Phi) is 10.4. The Hall–Kier alpha value is -0.940. The van der Waals surface area contributed by atoms with Gasteiger partial charge in [-0.1, -0.05) is 30.3 Å². The highest BCUT2D eigenvalue weighted by atomic mass is 16.5. The summed E-state index contributed by atoms with van der Waals surface area (Å²) in [7, 11) is 0. The van der Waals surface area contributed by atoms with Gasteiger partial charge in [-0.2, -0.15) is 0 Å². The fourth-order valence-electron chi connectivity index (χ4n) is 0.829. The van der Waals surface area contributed by atoms with E-state index < -0.39 is 0 Å². The molecule has 0 aliphatic rings. The van der Waals surface area contributed by atoms with Crippen LogP contribution in [0.2, 0.25) is 0 Å². The summed E-state index contributed by atoms with van der Waals surface area (Å²) in [5.74, 6) is 0. The number of aliphatic hydroxyl groups excluding tert-OH is 3. The third-order valence-electron chi connectivity index (χ3n) is 1.45. The lowest BCUT2D eigenvalue weighted by atomic mass is 10.2. The molecule has 0 bridgehead atoms. The van der Waals surface area contributed by atoms with Crippen LogP contribution in [0.5, 0.6) is 0 Å². The van der Waals surface area contributed by atoms with Crippen molar-refractivity contribution in [2.45, 2.75) is 6.61 Å². The van der Waals surface area contributed by atoms with Crippen molar-refractivity contribution in [1.82, 2.24) is 0 Å². The Morgan fingerprint density at radius 2 is 1.47 bits per heavy atom. The van der Waals surface area contributed by atoms with Crippen molar-refractivity contribution in [2.24, 2.45) is 0 Å². The average molecular weight is 214 g/mol. The first-order valence-electron chi connectivity index (χ1n) is 4.79. The summed E-state index contributed by atoms with van der Waals surface area (Å²) in [6.07, 6.45) is 0. The molecule has 0 aliphatic carbocycles. The molecule has 3 N–H and O–H groups in total. The molecular formula is C11H18O4. The van der Waals surface area contributed by atoms with Crippen molar-refractivity contribution in [3.63, 3.8) is 0 Å². The van der Waals surface area contributed by atoms with Crippen LogP contribution in [0.3, 0.4) is 0 Å². The topological polar surface area (TPSA) is 69.9 Å². The summed E-state index contributed by atoms with van der Waals surface area (Å²) in [5, 5.41) is 23.7. The van der Waals surface area contributed by atoms with Crippen LogP contribution in [0, 0.1) is 0 Å². The molecule has 86 valence electrons. The Morgan fingerprint density at radius 1 is 0.867 bits per heavy atom. The normalized spacial score (nSPS) is 9.27. The smallest absolute Gasteiger partial charge is 0.0718 e. The maximum atomic E-state index is 8.42. The number of hydrogen-bond acceptors (Lipinski definition) is 4. The molecule has 0 unspecified atom stereocenters. The lowest BCUT2D eigenvalue weighted by molar-refractivity contribution is 0.0815. The van der Waals surface area contributed by atoms with Gasteiger partial charge < -0.3 is 20.1 Å². The molecule has 1 aromatic rings. The van der Waals surface area contributed by atoms with Gasteiger partial charge in [-0.3, -0.25) is 0 Å². The van der Waals surface area contributed by atoms with Gasteiger partial charge in [0.15, 0.2) is 0 Å². The highest BCUT2D eigenvalue weighted by molar-refractivity contribution is 5.13. The van der Waals surface area contributed by atoms with Gasteiger partial charge in [0.2, 0.25) is 0 Å². The monoisotopic (exact) mass is 214 g/mol. The van der Waals surface area contributed by atoms with Crippen LogP contribution < -0.4 is 0 Å². The Bertz CT molecular complexity index is 211. The van der Waals surface area contributed by atoms with Crippen molar-refractivity contribution < 1.29 is 20.1 Å². The van der Waals surface area contributed by atoms with Gasteiger partial charge >= 0.3 is 0 Å². The van der Waals surface area contributed by atoms with Gasteiger partial charge in [0.1, 0.15) is 0 Å². The number of hydrogen-bond donors (Lipinski definition) is 3. The van der Waals surface area contributed by atoms with Crippen molar-refractivity contribution in [3.05, 3.63) is 35.9 Å². The van der Waals surface area contributed by atoms with Gasteiger partial charge in [-0.05, 0) is 5.56 Å².